The molecule has 4 aliphatic heterocycles. The third-order valence-electron chi connectivity index (χ3n) is 13.0. The molecular formula is C58H73F2LiN10O7. The van der Waals surface area contributed by atoms with E-state index in [2.05, 4.69) is 25.3 Å². The molecule has 6 heterocycles. The summed E-state index contributed by atoms with van der Waals surface area (Å²) in [7, 11) is 3.50. The standard InChI is InChI=1S/C29H36FN5O3.C18H28FN3O2.C11H10N2O2.Li/c1-19-17-21(11-14-31-19)23-9-10-25(32-23)27(36)33-24-8-6-7-22(30)26(24)35-15-12-20(13-16-35)18-34(5)28(37)38-29(2,3)4;1-18(2,3)24-17(23)21(4)12-13-8-10-22(11-9-13)16-14(19)6-5-7-15(16)20;1-7-6-8(4-5-12-7)9-2-3-10(13-9)11(14)15;/h6-9,11,14,17,20H,10,12-13,15-16,18H2,1-5H3,(H,33,36);5-7,13H,8-12,20H2,1-4H3;2,4-6H,3H2,1H3,(H,14,15);/q;;;+1/p-1. The smallest absolute Gasteiger partial charge is 0.543 e. The molecule has 0 saturated carbocycles. The van der Waals surface area contributed by atoms with Gasteiger partial charge in [-0.25, -0.2) is 23.4 Å². The fraction of sp³-hybridized carbons (Fsp3) is 0.448. The van der Waals surface area contributed by atoms with Crippen molar-refractivity contribution in [1.29, 1.82) is 0 Å². The quantitative estimate of drug-likeness (QED) is 0.126. The summed E-state index contributed by atoms with van der Waals surface area (Å²) in [4.78, 5) is 72.0. The number of benzene rings is 2. The molecule has 20 heteroatoms. The van der Waals surface area contributed by atoms with E-state index in [0.29, 0.717) is 79.1 Å². The van der Waals surface area contributed by atoms with Gasteiger partial charge in [-0.2, -0.15) is 0 Å². The molecule has 0 bridgehead atoms. The number of aryl methyl sites for hydroxylation is 2. The van der Waals surface area contributed by atoms with Crippen LogP contribution in [0.3, 0.4) is 0 Å². The predicted octanol–water partition coefficient (Wildman–Crippen LogP) is 6.26. The van der Waals surface area contributed by atoms with Gasteiger partial charge in [0, 0.05) is 101 Å². The summed E-state index contributed by atoms with van der Waals surface area (Å²) >= 11 is 0. The van der Waals surface area contributed by atoms with Gasteiger partial charge in [-0.3, -0.25) is 19.8 Å². The maximum Gasteiger partial charge on any atom is 1.00 e. The first-order valence-electron chi connectivity index (χ1n) is 26.0. The summed E-state index contributed by atoms with van der Waals surface area (Å²) in [5, 5.41) is 13.4. The summed E-state index contributed by atoms with van der Waals surface area (Å²) in [6.07, 6.45) is 10.5. The number of aromatic nitrogens is 2. The number of carboxylic acid groups (broad SMARTS) is 1. The van der Waals surface area contributed by atoms with Gasteiger partial charge in [-0.05, 0) is 141 Å². The number of nitrogens with zero attached hydrogens (tertiary/aromatic N) is 8. The Balaban J connectivity index is 0.000000238. The van der Waals surface area contributed by atoms with Gasteiger partial charge >= 0.3 is 31.0 Å². The molecule has 4 aliphatic rings. The van der Waals surface area contributed by atoms with E-state index in [0.717, 1.165) is 67.0 Å². The molecule has 2 fully saturated rings. The Hall–Kier alpha value is -7.10. The Bertz CT molecular complexity index is 2880. The van der Waals surface area contributed by atoms with Crippen molar-refractivity contribution in [3.63, 3.8) is 0 Å². The first-order chi connectivity index (χ1) is 36.3. The van der Waals surface area contributed by atoms with Crippen LogP contribution in [-0.4, -0.2) is 120 Å². The molecule has 2 aromatic heterocycles. The van der Waals surface area contributed by atoms with Crippen molar-refractivity contribution in [2.24, 2.45) is 21.8 Å². The number of pyridine rings is 2. The number of allylic oxidation sites excluding steroid dienone is 2. The van der Waals surface area contributed by atoms with E-state index in [1.807, 2.05) is 89.5 Å². The van der Waals surface area contributed by atoms with Gasteiger partial charge in [0.05, 0.1) is 45.8 Å². The minimum atomic E-state index is -1.20. The van der Waals surface area contributed by atoms with Crippen LogP contribution in [0.2, 0.25) is 0 Å². The van der Waals surface area contributed by atoms with Crippen LogP contribution in [0.25, 0.3) is 11.4 Å². The number of nitrogens with two attached hydrogens (primary N) is 1. The van der Waals surface area contributed by atoms with Crippen LogP contribution in [0.15, 0.2) is 95.2 Å². The van der Waals surface area contributed by atoms with Gasteiger partial charge in [0.1, 0.15) is 28.5 Å². The van der Waals surface area contributed by atoms with Gasteiger partial charge < -0.3 is 50.0 Å². The zero-order valence-corrected chi connectivity index (χ0v) is 47.0. The van der Waals surface area contributed by atoms with Crippen molar-refractivity contribution in [1.82, 2.24) is 19.8 Å². The molecule has 3 amide bonds. The molecule has 2 saturated heterocycles. The number of carbonyl (C=O) groups excluding carboxylic acids is 4. The number of anilines is 4. The third-order valence-corrected chi connectivity index (χ3v) is 13.0. The molecule has 0 spiro atoms. The van der Waals surface area contributed by atoms with E-state index in [9.17, 15) is 28.7 Å². The zero-order chi connectivity index (χ0) is 56.2. The van der Waals surface area contributed by atoms with E-state index < -0.39 is 17.2 Å². The van der Waals surface area contributed by atoms with Crippen molar-refractivity contribution in [2.75, 3.05) is 74.2 Å². The van der Waals surface area contributed by atoms with E-state index in [-0.39, 0.29) is 60.2 Å². The van der Waals surface area contributed by atoms with Crippen LogP contribution in [0.5, 0.6) is 0 Å². The molecule has 0 atom stereocenters. The molecule has 0 aliphatic carbocycles. The summed E-state index contributed by atoms with van der Waals surface area (Å²) in [6, 6.07) is 17.0. The van der Waals surface area contributed by atoms with Crippen molar-refractivity contribution < 1.29 is 61.4 Å². The monoisotopic (exact) mass is 1070 g/mol. The Morgan fingerprint density at radius 2 is 1.10 bits per heavy atom. The van der Waals surface area contributed by atoms with Crippen molar-refractivity contribution >= 4 is 69.6 Å². The predicted molar refractivity (Wildman–Crippen MR) is 296 cm³/mol. The second kappa shape index (κ2) is 27.5. The summed E-state index contributed by atoms with van der Waals surface area (Å²) in [5.74, 6) is -1.55. The average molecular weight is 1070 g/mol. The van der Waals surface area contributed by atoms with Crippen molar-refractivity contribution in [2.45, 2.75) is 105 Å². The number of aliphatic carboxylic acids is 1. The maximum atomic E-state index is 15.0. The van der Waals surface area contributed by atoms with E-state index in [1.54, 1.807) is 72.7 Å². The molecule has 78 heavy (non-hydrogen) atoms. The van der Waals surface area contributed by atoms with Gasteiger partial charge in [-0.15, -0.1) is 0 Å². The van der Waals surface area contributed by atoms with Crippen molar-refractivity contribution in [3.05, 3.63) is 119 Å². The van der Waals surface area contributed by atoms with Gasteiger partial charge in [-0.1, -0.05) is 24.3 Å². The number of amides is 3. The Morgan fingerprint density at radius 3 is 1.53 bits per heavy atom. The number of aliphatic imine (C=N–C) groups is 2. The zero-order valence-electron chi connectivity index (χ0n) is 47.0. The van der Waals surface area contributed by atoms with Crippen molar-refractivity contribution in [3.8, 4) is 0 Å². The Morgan fingerprint density at radius 1 is 0.679 bits per heavy atom. The number of piperidine rings is 2. The number of nitrogen functional groups attached to an aromatic ring is 1. The van der Waals surface area contributed by atoms with Gasteiger partial charge in [0.25, 0.3) is 5.91 Å². The Labute approximate surface area is 469 Å². The second-order valence-corrected chi connectivity index (χ2v) is 21.7. The second-order valence-electron chi connectivity index (χ2n) is 21.7. The van der Waals surface area contributed by atoms with Gasteiger partial charge in [0.2, 0.25) is 0 Å². The number of ether oxygens (including phenoxy) is 2. The molecule has 8 rings (SSSR count). The van der Waals surface area contributed by atoms with E-state index >= 15 is 4.39 Å². The van der Waals surface area contributed by atoms with Crippen LogP contribution >= 0.6 is 0 Å². The number of hydrogen-bond acceptors (Lipinski definition) is 14. The molecule has 17 nitrogen and oxygen atoms in total. The molecule has 3 N–H and O–H groups in total. The number of para-hydroxylation sites is 2. The van der Waals surface area contributed by atoms with Crippen LogP contribution in [0, 0.1) is 37.3 Å². The number of rotatable bonds is 11. The normalized spacial score (nSPS) is 15.6. The topological polar surface area (TPSA) is 211 Å². The van der Waals surface area contributed by atoms with Crippen LogP contribution in [0.4, 0.5) is 41.1 Å². The third kappa shape index (κ3) is 18.0. The van der Waals surface area contributed by atoms with E-state index in [4.69, 9.17) is 15.2 Å². The minimum absolute atomic E-state index is 0. The number of nitrogens with one attached hydrogen (secondary N) is 1. The SMILES string of the molecule is CN(CC1CCN(c2c(N)cccc2F)CC1)C(=O)OC(C)(C)C.Cc1cc(C2=CCC(C(=O)Nc3cccc(F)c3N3CCC(CN(C)C(=O)OC(C)(C)C)CC3)=N2)ccn1.Cc1cc(C2=CCC(C(=O)[O-])=N2)ccn1.[Li+]. The number of hydrogen-bond donors (Lipinski definition) is 2. The molecule has 4 aromatic rings. The first kappa shape index (κ1) is 61.7. The largest absolute Gasteiger partial charge is 1.00 e. The summed E-state index contributed by atoms with van der Waals surface area (Å²) in [5.41, 5.74) is 12.1. The number of carbonyl (C=O) groups is 4. The fourth-order valence-corrected chi connectivity index (χ4v) is 9.19. The minimum Gasteiger partial charge on any atom is -0.543 e. The fourth-order valence-electron chi connectivity index (χ4n) is 9.19. The van der Waals surface area contributed by atoms with Crippen LogP contribution in [0.1, 0.15) is 103 Å². The summed E-state index contributed by atoms with van der Waals surface area (Å²) in [6.45, 7) is 18.8. The summed E-state index contributed by atoms with van der Waals surface area (Å²) < 4.78 is 39.9. The van der Waals surface area contributed by atoms with Crippen LogP contribution < -0.4 is 44.8 Å². The molecular weight excluding hydrogens is 994 g/mol. The maximum absolute atomic E-state index is 15.0. The number of halogens is 2. The van der Waals surface area contributed by atoms with Gasteiger partial charge in [0.15, 0.2) is 0 Å². The van der Waals surface area contributed by atoms with Crippen LogP contribution in [-0.2, 0) is 19.1 Å². The Kier molecular flexibility index (Phi) is 21.7. The van der Waals surface area contributed by atoms with E-state index in [1.165, 1.54) is 12.1 Å². The molecule has 412 valence electrons. The molecule has 2 aromatic carbocycles. The molecule has 0 radical (unpaired) electrons. The molecule has 0 unspecified atom stereocenters. The first-order valence-corrected chi connectivity index (χ1v) is 26.0. The average Bonchev–Trinajstić information content (AvgIpc) is 4.07. The number of carboxylic acids is 1.